The molecule has 0 spiro atoms. The van der Waals surface area contributed by atoms with Crippen molar-refractivity contribution < 1.29 is 19.2 Å². The third kappa shape index (κ3) is 2.52. The highest BCUT2D eigenvalue weighted by atomic mass is 16.6. The Morgan fingerprint density at radius 2 is 2.18 bits per heavy atom. The summed E-state index contributed by atoms with van der Waals surface area (Å²) in [6.07, 6.45) is 3.47. The number of nitrogens with zero attached hydrogens (tertiary/aromatic N) is 3. The molecule has 1 saturated heterocycles. The number of rotatable bonds is 3. The van der Waals surface area contributed by atoms with E-state index < -0.39 is 10.9 Å². The summed E-state index contributed by atoms with van der Waals surface area (Å²) in [5.41, 5.74) is 0.181. The number of nitro groups is 1. The zero-order chi connectivity index (χ0) is 15.7. The summed E-state index contributed by atoms with van der Waals surface area (Å²) in [5, 5.41) is 16.2. The highest BCUT2D eigenvalue weighted by molar-refractivity contribution is 5.99. The molecule has 1 fully saturated rings. The molecule has 1 aliphatic rings. The van der Waals surface area contributed by atoms with E-state index in [1.165, 1.54) is 19.2 Å². The van der Waals surface area contributed by atoms with Crippen LogP contribution < -0.4 is 0 Å². The smallest absolute Gasteiger partial charge is 0.344 e. The number of benzene rings is 1. The lowest BCUT2D eigenvalue weighted by Gasteiger charge is -2.22. The van der Waals surface area contributed by atoms with Gasteiger partial charge < -0.3 is 9.47 Å². The van der Waals surface area contributed by atoms with E-state index in [1.807, 2.05) is 0 Å². The van der Waals surface area contributed by atoms with E-state index in [-0.39, 0.29) is 17.3 Å². The van der Waals surface area contributed by atoms with E-state index >= 15 is 0 Å². The molecule has 116 valence electrons. The number of carbonyl (C=O) groups excluding carboxylic acids is 1. The number of hydrogen-bond donors (Lipinski definition) is 0. The van der Waals surface area contributed by atoms with Crippen LogP contribution >= 0.6 is 0 Å². The predicted molar refractivity (Wildman–Crippen MR) is 76.8 cm³/mol. The van der Waals surface area contributed by atoms with Gasteiger partial charge in [0.25, 0.3) is 5.69 Å². The maximum absolute atomic E-state index is 11.7. The minimum absolute atomic E-state index is 0.0859. The van der Waals surface area contributed by atoms with Gasteiger partial charge in [0, 0.05) is 30.9 Å². The van der Waals surface area contributed by atoms with Gasteiger partial charge >= 0.3 is 5.97 Å². The quantitative estimate of drug-likeness (QED) is 0.489. The van der Waals surface area contributed by atoms with Crippen LogP contribution in [0.25, 0.3) is 10.9 Å². The highest BCUT2D eigenvalue weighted by Gasteiger charge is 2.24. The van der Waals surface area contributed by atoms with Crippen molar-refractivity contribution in [3.05, 3.63) is 34.0 Å². The van der Waals surface area contributed by atoms with E-state index in [4.69, 9.17) is 4.74 Å². The second-order valence-electron chi connectivity index (χ2n) is 5.13. The number of nitro benzene ring substituents is 1. The normalized spacial score (nSPS) is 15.9. The van der Waals surface area contributed by atoms with Crippen molar-refractivity contribution in [1.82, 2.24) is 9.78 Å². The van der Waals surface area contributed by atoms with Crippen LogP contribution in [0.15, 0.2) is 18.3 Å². The fourth-order valence-corrected chi connectivity index (χ4v) is 2.64. The van der Waals surface area contributed by atoms with Gasteiger partial charge in [-0.2, -0.15) is 5.10 Å². The van der Waals surface area contributed by atoms with Crippen LogP contribution in [-0.4, -0.2) is 41.0 Å². The molecule has 0 saturated carbocycles. The molecule has 1 aliphatic heterocycles. The summed E-state index contributed by atoms with van der Waals surface area (Å²) in [7, 11) is 1.19. The average molecular weight is 305 g/mol. The number of methoxy groups -OCH3 is 1. The average Bonchev–Trinajstić information content (AvgIpc) is 2.96. The molecule has 0 aliphatic carbocycles. The summed E-state index contributed by atoms with van der Waals surface area (Å²) in [6, 6.07) is 2.99. The third-order valence-electron chi connectivity index (χ3n) is 3.81. The number of esters is 1. The van der Waals surface area contributed by atoms with Gasteiger partial charge in [0.15, 0.2) is 0 Å². The van der Waals surface area contributed by atoms with Crippen molar-refractivity contribution in [2.45, 2.75) is 18.9 Å². The molecule has 1 aromatic carbocycles. The molecule has 1 aromatic heterocycles. The Kier molecular flexibility index (Phi) is 3.76. The van der Waals surface area contributed by atoms with Crippen molar-refractivity contribution in [2.24, 2.45) is 0 Å². The topological polar surface area (TPSA) is 96.5 Å². The first kappa shape index (κ1) is 14.5. The van der Waals surface area contributed by atoms with Gasteiger partial charge in [-0.15, -0.1) is 0 Å². The fourth-order valence-electron chi connectivity index (χ4n) is 2.64. The van der Waals surface area contributed by atoms with E-state index in [2.05, 4.69) is 9.84 Å². The SMILES string of the molecule is COC(=O)c1cc2nn(C3CCOCC3)cc2cc1[N+](=O)[O-]. The molecule has 2 heterocycles. The summed E-state index contributed by atoms with van der Waals surface area (Å²) in [5.74, 6) is -0.741. The fraction of sp³-hybridized carbons (Fsp3) is 0.429. The number of carbonyl (C=O) groups is 1. The Labute approximate surface area is 125 Å². The van der Waals surface area contributed by atoms with Gasteiger partial charge in [-0.05, 0) is 18.9 Å². The largest absolute Gasteiger partial charge is 0.465 e. The lowest BCUT2D eigenvalue weighted by atomic mass is 10.1. The zero-order valence-electron chi connectivity index (χ0n) is 12.0. The molecule has 8 heteroatoms. The van der Waals surface area contributed by atoms with Crippen molar-refractivity contribution in [3.63, 3.8) is 0 Å². The maximum Gasteiger partial charge on any atom is 0.344 e. The minimum Gasteiger partial charge on any atom is -0.465 e. The molecule has 8 nitrogen and oxygen atoms in total. The molecular formula is C14H15N3O5. The number of aromatic nitrogens is 2. The zero-order valence-corrected chi connectivity index (χ0v) is 12.0. The van der Waals surface area contributed by atoms with Crippen LogP contribution in [0.1, 0.15) is 29.2 Å². The maximum atomic E-state index is 11.7. The van der Waals surface area contributed by atoms with Gasteiger partial charge in [-0.3, -0.25) is 14.8 Å². The Bertz CT molecular complexity index is 733. The molecule has 0 N–H and O–H groups in total. The molecule has 0 unspecified atom stereocenters. The van der Waals surface area contributed by atoms with E-state index in [0.717, 1.165) is 12.8 Å². The van der Waals surface area contributed by atoms with Crippen LogP contribution in [0.2, 0.25) is 0 Å². The molecule has 0 bridgehead atoms. The van der Waals surface area contributed by atoms with Crippen LogP contribution in [0, 0.1) is 10.1 Å². The van der Waals surface area contributed by atoms with E-state index in [0.29, 0.717) is 24.1 Å². The molecule has 0 radical (unpaired) electrons. The highest BCUT2D eigenvalue weighted by Crippen LogP contribution is 2.28. The van der Waals surface area contributed by atoms with Crippen molar-refractivity contribution in [1.29, 1.82) is 0 Å². The molecule has 3 rings (SSSR count). The molecule has 2 aromatic rings. The van der Waals surface area contributed by atoms with Crippen LogP contribution in [0.3, 0.4) is 0 Å². The Hall–Kier alpha value is -2.48. The number of hydrogen-bond acceptors (Lipinski definition) is 6. The Balaban J connectivity index is 2.07. The van der Waals surface area contributed by atoms with Crippen LogP contribution in [-0.2, 0) is 9.47 Å². The molecule has 22 heavy (non-hydrogen) atoms. The van der Waals surface area contributed by atoms with Crippen molar-refractivity contribution in [2.75, 3.05) is 20.3 Å². The summed E-state index contributed by atoms with van der Waals surface area (Å²) in [6.45, 7) is 1.35. The summed E-state index contributed by atoms with van der Waals surface area (Å²) < 4.78 is 11.7. The van der Waals surface area contributed by atoms with Gasteiger partial charge in [0.05, 0.1) is 23.6 Å². The Morgan fingerprint density at radius 1 is 1.45 bits per heavy atom. The van der Waals surface area contributed by atoms with Crippen LogP contribution in [0.5, 0.6) is 0 Å². The molecule has 0 amide bonds. The number of fused-ring (bicyclic) bond motifs is 1. The van der Waals surface area contributed by atoms with Crippen molar-refractivity contribution >= 4 is 22.6 Å². The predicted octanol–water partition coefficient (Wildman–Crippen LogP) is 2.08. The molecule has 0 atom stereocenters. The summed E-state index contributed by atoms with van der Waals surface area (Å²) >= 11 is 0. The van der Waals surface area contributed by atoms with Gasteiger partial charge in [0.1, 0.15) is 5.56 Å². The van der Waals surface area contributed by atoms with Gasteiger partial charge in [0.2, 0.25) is 0 Å². The number of ether oxygens (including phenoxy) is 2. The standard InChI is InChI=1S/C14H15N3O5/c1-21-14(18)11-7-12-9(6-13(11)17(19)20)8-16(15-12)10-2-4-22-5-3-10/h6-8,10H,2-5H2,1H3. The van der Waals surface area contributed by atoms with E-state index in [1.54, 1.807) is 10.9 Å². The van der Waals surface area contributed by atoms with Gasteiger partial charge in [-0.1, -0.05) is 0 Å². The Morgan fingerprint density at radius 3 is 2.82 bits per heavy atom. The van der Waals surface area contributed by atoms with Gasteiger partial charge in [-0.25, -0.2) is 4.79 Å². The van der Waals surface area contributed by atoms with Crippen LogP contribution in [0.4, 0.5) is 5.69 Å². The monoisotopic (exact) mass is 305 g/mol. The summed E-state index contributed by atoms with van der Waals surface area (Å²) in [4.78, 5) is 22.3. The minimum atomic E-state index is -0.741. The second kappa shape index (κ2) is 5.72. The lowest BCUT2D eigenvalue weighted by Crippen LogP contribution is -2.19. The van der Waals surface area contributed by atoms with Crippen molar-refractivity contribution in [3.8, 4) is 0 Å². The third-order valence-corrected chi connectivity index (χ3v) is 3.81. The first-order valence-electron chi connectivity index (χ1n) is 6.93. The lowest BCUT2D eigenvalue weighted by molar-refractivity contribution is -0.385. The first-order valence-corrected chi connectivity index (χ1v) is 6.93. The van der Waals surface area contributed by atoms with E-state index in [9.17, 15) is 14.9 Å². The molecular weight excluding hydrogens is 290 g/mol. The second-order valence-corrected chi connectivity index (χ2v) is 5.13. The first-order chi connectivity index (χ1) is 10.6.